The number of aromatic nitrogens is 4. The van der Waals surface area contributed by atoms with Crippen molar-refractivity contribution in [3.63, 3.8) is 0 Å². The summed E-state index contributed by atoms with van der Waals surface area (Å²) in [7, 11) is 1.71. The van der Waals surface area contributed by atoms with Gasteiger partial charge in [-0.15, -0.1) is 0 Å². The van der Waals surface area contributed by atoms with Crippen molar-refractivity contribution in [2.75, 3.05) is 5.73 Å². The number of carbonyl (C=O) groups is 1. The quantitative estimate of drug-likeness (QED) is 0.796. The zero-order chi connectivity index (χ0) is 13.1. The highest BCUT2D eigenvalue weighted by molar-refractivity contribution is 5.96. The number of hydrogen-bond donors (Lipinski definition) is 2. The number of nitrogens with one attached hydrogen (secondary N) is 1. The van der Waals surface area contributed by atoms with Gasteiger partial charge >= 0.3 is 0 Å². The molecule has 0 saturated carbocycles. The number of anilines is 1. The molecule has 0 aliphatic carbocycles. The third-order valence-electron chi connectivity index (χ3n) is 2.34. The second-order valence-electron chi connectivity index (χ2n) is 3.88. The molecule has 94 valence electrons. The molecule has 2 heterocycles. The Morgan fingerprint density at radius 2 is 2.33 bits per heavy atom. The van der Waals surface area contributed by atoms with E-state index in [-0.39, 0.29) is 11.6 Å². The number of nitrogens with zero attached hydrogens (tertiary/aromatic N) is 4. The summed E-state index contributed by atoms with van der Waals surface area (Å²) in [6, 6.07) is 1.75. The van der Waals surface area contributed by atoms with Crippen LogP contribution < -0.4 is 11.1 Å². The molecular weight excluding hydrogens is 232 g/mol. The Balaban J connectivity index is 2.03. The highest BCUT2D eigenvalue weighted by atomic mass is 16.2. The summed E-state index contributed by atoms with van der Waals surface area (Å²) in [4.78, 5) is 20.0. The fourth-order valence-electron chi connectivity index (χ4n) is 1.54. The Hall–Kier alpha value is -2.44. The average Bonchev–Trinajstić information content (AvgIpc) is 2.66. The van der Waals surface area contributed by atoms with Crippen molar-refractivity contribution in [2.24, 2.45) is 7.05 Å². The lowest BCUT2D eigenvalue weighted by Crippen LogP contribution is -2.24. The Kier molecular flexibility index (Phi) is 3.22. The first-order chi connectivity index (χ1) is 8.56. The molecule has 0 bridgehead atoms. The van der Waals surface area contributed by atoms with Gasteiger partial charge in [0.2, 0.25) is 0 Å². The van der Waals surface area contributed by atoms with Crippen LogP contribution in [0.4, 0.5) is 5.69 Å². The van der Waals surface area contributed by atoms with Crippen LogP contribution in [0.15, 0.2) is 18.5 Å². The van der Waals surface area contributed by atoms with Gasteiger partial charge in [-0.25, -0.2) is 9.97 Å². The number of amides is 1. The molecule has 0 saturated heterocycles. The van der Waals surface area contributed by atoms with E-state index in [0.29, 0.717) is 18.1 Å². The number of carbonyl (C=O) groups excluding carboxylic acids is 1. The Morgan fingerprint density at radius 3 is 2.94 bits per heavy atom. The van der Waals surface area contributed by atoms with Crippen LogP contribution in [0.1, 0.15) is 22.0 Å². The van der Waals surface area contributed by atoms with Crippen LogP contribution in [0.2, 0.25) is 0 Å². The topological polar surface area (TPSA) is 98.7 Å². The lowest BCUT2D eigenvalue weighted by molar-refractivity contribution is 0.0945. The summed E-state index contributed by atoms with van der Waals surface area (Å²) >= 11 is 0. The van der Waals surface area contributed by atoms with Gasteiger partial charge in [-0.05, 0) is 13.0 Å². The van der Waals surface area contributed by atoms with Crippen molar-refractivity contribution in [3.8, 4) is 0 Å². The minimum absolute atomic E-state index is 0.225. The summed E-state index contributed by atoms with van der Waals surface area (Å²) in [6.45, 7) is 2.11. The van der Waals surface area contributed by atoms with Crippen LogP contribution in [0.3, 0.4) is 0 Å². The second-order valence-corrected chi connectivity index (χ2v) is 3.88. The zero-order valence-corrected chi connectivity index (χ0v) is 10.2. The van der Waals surface area contributed by atoms with E-state index in [9.17, 15) is 4.79 Å². The summed E-state index contributed by atoms with van der Waals surface area (Å²) < 4.78 is 1.50. The van der Waals surface area contributed by atoms with Crippen molar-refractivity contribution >= 4 is 11.6 Å². The van der Waals surface area contributed by atoms with Gasteiger partial charge in [0.05, 0.1) is 17.9 Å². The van der Waals surface area contributed by atoms with Crippen LogP contribution in [0, 0.1) is 6.92 Å². The molecule has 0 radical (unpaired) electrons. The largest absolute Gasteiger partial charge is 0.396 e. The number of nitrogens with two attached hydrogens (primary N) is 1. The van der Waals surface area contributed by atoms with Crippen LogP contribution >= 0.6 is 0 Å². The van der Waals surface area contributed by atoms with Crippen molar-refractivity contribution < 1.29 is 4.79 Å². The van der Waals surface area contributed by atoms with E-state index < -0.39 is 0 Å². The fraction of sp³-hybridized carbons (Fsp3) is 0.273. The van der Waals surface area contributed by atoms with Gasteiger partial charge in [-0.3, -0.25) is 9.48 Å². The third kappa shape index (κ3) is 2.62. The predicted octanol–water partition coefficient (Wildman–Crippen LogP) is 0.0307. The van der Waals surface area contributed by atoms with Crippen LogP contribution in [-0.2, 0) is 13.6 Å². The first-order valence-electron chi connectivity index (χ1n) is 5.42. The minimum Gasteiger partial charge on any atom is -0.396 e. The van der Waals surface area contributed by atoms with E-state index in [1.165, 1.54) is 4.68 Å². The molecule has 0 aliphatic heterocycles. The molecule has 2 rings (SSSR count). The highest BCUT2D eigenvalue weighted by Gasteiger charge is 2.13. The molecule has 2 aromatic rings. The maximum Gasteiger partial charge on any atom is 0.274 e. The molecule has 0 fully saturated rings. The van der Waals surface area contributed by atoms with Crippen LogP contribution in [0.5, 0.6) is 0 Å². The van der Waals surface area contributed by atoms with E-state index in [0.717, 1.165) is 5.69 Å². The number of rotatable bonds is 3. The molecule has 0 aliphatic rings. The standard InChI is InChI=1S/C11H14N6O/c1-7-13-4-3-8(15-7)5-14-11(18)10-9(12)6-17(2)16-10/h3-4,6H,5,12H2,1-2H3,(H,14,18). The molecule has 0 atom stereocenters. The first-order valence-corrected chi connectivity index (χ1v) is 5.42. The van der Waals surface area contributed by atoms with E-state index in [1.807, 2.05) is 0 Å². The normalized spacial score (nSPS) is 10.3. The van der Waals surface area contributed by atoms with Crippen LogP contribution in [-0.4, -0.2) is 25.7 Å². The molecule has 7 heteroatoms. The molecule has 0 unspecified atom stereocenters. The fourth-order valence-corrected chi connectivity index (χ4v) is 1.54. The number of aryl methyl sites for hydroxylation is 2. The van der Waals surface area contributed by atoms with E-state index in [1.54, 1.807) is 32.4 Å². The molecule has 2 aromatic heterocycles. The van der Waals surface area contributed by atoms with Crippen molar-refractivity contribution in [1.29, 1.82) is 0 Å². The van der Waals surface area contributed by atoms with Gasteiger partial charge in [0, 0.05) is 19.4 Å². The smallest absolute Gasteiger partial charge is 0.274 e. The Morgan fingerprint density at radius 1 is 1.56 bits per heavy atom. The van der Waals surface area contributed by atoms with Crippen molar-refractivity contribution in [3.05, 3.63) is 35.7 Å². The maximum absolute atomic E-state index is 11.8. The van der Waals surface area contributed by atoms with Gasteiger partial charge in [0.15, 0.2) is 5.69 Å². The maximum atomic E-state index is 11.8. The predicted molar refractivity (Wildman–Crippen MR) is 65.6 cm³/mol. The lowest BCUT2D eigenvalue weighted by Gasteiger charge is -2.03. The molecule has 3 N–H and O–H groups in total. The summed E-state index contributed by atoms with van der Waals surface area (Å²) in [6.07, 6.45) is 3.24. The minimum atomic E-state index is -0.315. The van der Waals surface area contributed by atoms with Crippen molar-refractivity contribution in [2.45, 2.75) is 13.5 Å². The lowest BCUT2D eigenvalue weighted by atomic mass is 10.3. The summed E-state index contributed by atoms with van der Waals surface area (Å²) in [5, 5.41) is 6.70. The Labute approximate surface area is 104 Å². The molecule has 7 nitrogen and oxygen atoms in total. The van der Waals surface area contributed by atoms with Crippen molar-refractivity contribution in [1.82, 2.24) is 25.1 Å². The molecule has 1 amide bonds. The first kappa shape index (κ1) is 12.0. The molecule has 18 heavy (non-hydrogen) atoms. The van der Waals surface area contributed by atoms with E-state index >= 15 is 0 Å². The SMILES string of the molecule is Cc1nccc(CNC(=O)c2nn(C)cc2N)n1. The highest BCUT2D eigenvalue weighted by Crippen LogP contribution is 2.07. The summed E-state index contributed by atoms with van der Waals surface area (Å²) in [5.41, 5.74) is 6.99. The van der Waals surface area contributed by atoms with Gasteiger partial charge in [0.25, 0.3) is 5.91 Å². The number of nitrogen functional groups attached to an aromatic ring is 1. The average molecular weight is 246 g/mol. The summed E-state index contributed by atoms with van der Waals surface area (Å²) in [5.74, 6) is 0.350. The van der Waals surface area contributed by atoms with E-state index in [2.05, 4.69) is 20.4 Å². The van der Waals surface area contributed by atoms with E-state index in [4.69, 9.17) is 5.73 Å². The van der Waals surface area contributed by atoms with Crippen LogP contribution in [0.25, 0.3) is 0 Å². The van der Waals surface area contributed by atoms with Gasteiger partial charge in [0.1, 0.15) is 5.82 Å². The Bertz CT molecular complexity index is 577. The van der Waals surface area contributed by atoms with Gasteiger partial charge in [-0.1, -0.05) is 0 Å². The monoisotopic (exact) mass is 246 g/mol. The second kappa shape index (κ2) is 4.82. The third-order valence-corrected chi connectivity index (χ3v) is 2.34. The van der Waals surface area contributed by atoms with Gasteiger partial charge in [-0.2, -0.15) is 5.10 Å². The molecule has 0 aromatic carbocycles. The molecular formula is C11H14N6O. The number of hydrogen-bond acceptors (Lipinski definition) is 5. The zero-order valence-electron chi connectivity index (χ0n) is 10.2. The molecule has 0 spiro atoms. The van der Waals surface area contributed by atoms with Gasteiger partial charge < -0.3 is 11.1 Å².